The third kappa shape index (κ3) is 5.54. The van der Waals surface area contributed by atoms with Crippen LogP contribution in [0.5, 0.6) is 0 Å². The predicted molar refractivity (Wildman–Crippen MR) is 96.6 cm³/mol. The number of rotatable bonds is 7. The Kier molecular flexibility index (Phi) is 9.02. The summed E-state index contributed by atoms with van der Waals surface area (Å²) < 4.78 is 0. The number of carbonyl (C=O) groups is 1. The highest BCUT2D eigenvalue weighted by Gasteiger charge is 2.14. The summed E-state index contributed by atoms with van der Waals surface area (Å²) in [6.45, 7) is 10.3. The van der Waals surface area contributed by atoms with Gasteiger partial charge in [-0.1, -0.05) is 20.3 Å². The molecule has 4 nitrogen and oxygen atoms in total. The van der Waals surface area contributed by atoms with E-state index in [0.717, 1.165) is 63.4 Å². The minimum absolute atomic E-state index is 0. The Balaban J connectivity index is 0.00000242. The van der Waals surface area contributed by atoms with Crippen molar-refractivity contribution in [3.63, 3.8) is 0 Å². The lowest BCUT2D eigenvalue weighted by Crippen LogP contribution is -2.46. The minimum atomic E-state index is 0. The van der Waals surface area contributed by atoms with E-state index < -0.39 is 0 Å². The van der Waals surface area contributed by atoms with Crippen molar-refractivity contribution < 1.29 is 4.79 Å². The first-order chi connectivity index (χ1) is 10.2. The van der Waals surface area contributed by atoms with Crippen molar-refractivity contribution in [3.8, 4) is 0 Å². The highest BCUT2D eigenvalue weighted by Crippen LogP contribution is 2.24. The lowest BCUT2D eigenvalue weighted by Gasteiger charge is -2.27. The maximum absolute atomic E-state index is 12.2. The van der Waals surface area contributed by atoms with Crippen molar-refractivity contribution in [2.75, 3.05) is 39.3 Å². The monoisotopic (exact) mass is 345 g/mol. The quantitative estimate of drug-likeness (QED) is 0.797. The van der Waals surface area contributed by atoms with Crippen molar-refractivity contribution >= 4 is 29.7 Å². The van der Waals surface area contributed by atoms with Gasteiger partial charge in [0.05, 0.1) is 4.88 Å². The third-order valence-electron chi connectivity index (χ3n) is 3.90. The van der Waals surface area contributed by atoms with Crippen molar-refractivity contribution in [2.24, 2.45) is 0 Å². The van der Waals surface area contributed by atoms with E-state index in [1.54, 1.807) is 11.3 Å². The van der Waals surface area contributed by atoms with Crippen LogP contribution in [0.4, 0.5) is 0 Å². The summed E-state index contributed by atoms with van der Waals surface area (Å²) in [7, 11) is 0. The minimum Gasteiger partial charge on any atom is -0.350 e. The van der Waals surface area contributed by atoms with E-state index in [4.69, 9.17) is 0 Å². The Morgan fingerprint density at radius 1 is 1.36 bits per heavy atom. The van der Waals surface area contributed by atoms with Crippen molar-refractivity contribution in [1.29, 1.82) is 0 Å². The average molecular weight is 346 g/mol. The average Bonchev–Trinajstić information content (AvgIpc) is 2.92. The molecular weight excluding hydrogens is 318 g/mol. The molecule has 0 radical (unpaired) electrons. The molecule has 0 spiro atoms. The lowest BCUT2D eigenvalue weighted by molar-refractivity contribution is 0.0951. The highest BCUT2D eigenvalue weighted by atomic mass is 35.5. The third-order valence-corrected chi connectivity index (χ3v) is 5.14. The molecule has 0 atom stereocenters. The molecule has 1 saturated heterocycles. The van der Waals surface area contributed by atoms with Crippen LogP contribution in [0.1, 0.15) is 40.4 Å². The number of aryl methyl sites for hydroxylation is 2. The first-order valence-electron chi connectivity index (χ1n) is 8.07. The smallest absolute Gasteiger partial charge is 0.261 e. The van der Waals surface area contributed by atoms with Gasteiger partial charge in [-0.3, -0.25) is 9.69 Å². The summed E-state index contributed by atoms with van der Waals surface area (Å²) in [5.41, 5.74) is 1.34. The largest absolute Gasteiger partial charge is 0.350 e. The van der Waals surface area contributed by atoms with Gasteiger partial charge in [0, 0.05) is 44.1 Å². The summed E-state index contributed by atoms with van der Waals surface area (Å²) in [4.78, 5) is 16.9. The normalized spacial score (nSPS) is 15.4. The van der Waals surface area contributed by atoms with Crippen molar-refractivity contribution in [1.82, 2.24) is 15.5 Å². The van der Waals surface area contributed by atoms with Crippen molar-refractivity contribution in [2.45, 2.75) is 33.1 Å². The van der Waals surface area contributed by atoms with Crippen LogP contribution in [0.15, 0.2) is 6.07 Å². The Morgan fingerprint density at radius 2 is 2.09 bits per heavy atom. The predicted octanol–water partition coefficient (Wildman–Crippen LogP) is 2.32. The maximum Gasteiger partial charge on any atom is 0.261 e. The van der Waals surface area contributed by atoms with Gasteiger partial charge in [0.1, 0.15) is 0 Å². The number of halogens is 1. The van der Waals surface area contributed by atoms with Crippen LogP contribution in [0.3, 0.4) is 0 Å². The topological polar surface area (TPSA) is 44.4 Å². The summed E-state index contributed by atoms with van der Waals surface area (Å²) in [6, 6.07) is 2.08. The summed E-state index contributed by atoms with van der Waals surface area (Å²) in [5.74, 6) is 0.0900. The molecule has 1 aromatic heterocycles. The van der Waals surface area contributed by atoms with Crippen LogP contribution in [-0.4, -0.2) is 50.1 Å². The highest BCUT2D eigenvalue weighted by molar-refractivity contribution is 7.14. The number of hydrogen-bond acceptors (Lipinski definition) is 4. The van der Waals surface area contributed by atoms with Crippen LogP contribution < -0.4 is 10.6 Å². The molecule has 22 heavy (non-hydrogen) atoms. The molecule has 1 amide bonds. The van der Waals surface area contributed by atoms with Crippen LogP contribution >= 0.6 is 23.7 Å². The fraction of sp³-hybridized carbons (Fsp3) is 0.688. The van der Waals surface area contributed by atoms with Gasteiger partial charge in [-0.2, -0.15) is 0 Å². The summed E-state index contributed by atoms with van der Waals surface area (Å²) in [5, 5.41) is 6.40. The van der Waals surface area contributed by atoms with Gasteiger partial charge < -0.3 is 10.6 Å². The van der Waals surface area contributed by atoms with Gasteiger partial charge in [0.15, 0.2) is 0 Å². The fourth-order valence-corrected chi connectivity index (χ4v) is 3.94. The molecule has 6 heteroatoms. The number of nitrogens with zero attached hydrogens (tertiary/aromatic N) is 1. The van der Waals surface area contributed by atoms with Crippen LogP contribution in [0, 0.1) is 0 Å². The van der Waals surface area contributed by atoms with Crippen LogP contribution in [0.2, 0.25) is 0 Å². The van der Waals surface area contributed by atoms with E-state index in [1.807, 2.05) is 0 Å². The second kappa shape index (κ2) is 10.2. The molecule has 2 heterocycles. The van der Waals surface area contributed by atoms with Crippen LogP contribution in [-0.2, 0) is 12.8 Å². The molecule has 1 aliphatic heterocycles. The zero-order valence-electron chi connectivity index (χ0n) is 13.6. The number of nitrogens with one attached hydrogen (secondary N) is 2. The van der Waals surface area contributed by atoms with Gasteiger partial charge in [-0.05, 0) is 24.5 Å². The van der Waals surface area contributed by atoms with Crippen LogP contribution in [0.25, 0.3) is 0 Å². The molecule has 0 unspecified atom stereocenters. The molecule has 126 valence electrons. The molecule has 2 N–H and O–H groups in total. The van der Waals surface area contributed by atoms with E-state index in [1.165, 1.54) is 10.4 Å². The SMILES string of the molecule is CCCc1sc(C(=O)NCCN2CCNCC2)cc1CC.Cl. The molecule has 1 fully saturated rings. The van der Waals surface area contributed by atoms with E-state index in [2.05, 4.69) is 35.4 Å². The Bertz CT molecular complexity index is 458. The van der Waals surface area contributed by atoms with Crippen molar-refractivity contribution in [3.05, 3.63) is 21.4 Å². The van der Waals surface area contributed by atoms with E-state index in [0.29, 0.717) is 0 Å². The van der Waals surface area contributed by atoms with E-state index in [-0.39, 0.29) is 18.3 Å². The van der Waals surface area contributed by atoms with Gasteiger partial charge in [-0.15, -0.1) is 23.7 Å². The number of thiophene rings is 1. The Hall–Kier alpha value is -0.620. The molecule has 0 aromatic carbocycles. The van der Waals surface area contributed by atoms with Gasteiger partial charge in [0.2, 0.25) is 0 Å². The number of carbonyl (C=O) groups excluding carboxylic acids is 1. The second-order valence-electron chi connectivity index (χ2n) is 5.51. The van der Waals surface area contributed by atoms with Gasteiger partial charge >= 0.3 is 0 Å². The zero-order chi connectivity index (χ0) is 15.1. The fourth-order valence-electron chi connectivity index (χ4n) is 2.67. The second-order valence-corrected chi connectivity index (χ2v) is 6.65. The van der Waals surface area contributed by atoms with Gasteiger partial charge in [-0.25, -0.2) is 0 Å². The number of hydrogen-bond donors (Lipinski definition) is 2. The first kappa shape index (κ1) is 19.4. The molecular formula is C16H28ClN3OS. The molecule has 0 bridgehead atoms. The Labute approximate surface area is 144 Å². The number of piperazine rings is 1. The zero-order valence-corrected chi connectivity index (χ0v) is 15.2. The van der Waals surface area contributed by atoms with E-state index in [9.17, 15) is 4.79 Å². The molecule has 1 aromatic rings. The molecule has 0 aliphatic carbocycles. The van der Waals surface area contributed by atoms with Gasteiger partial charge in [0.25, 0.3) is 5.91 Å². The first-order valence-corrected chi connectivity index (χ1v) is 8.89. The van der Waals surface area contributed by atoms with E-state index >= 15 is 0 Å². The number of amides is 1. The standard InChI is InChI=1S/C16H27N3OS.ClH/c1-3-5-14-13(4-2)12-15(21-14)16(20)18-8-11-19-9-6-17-7-10-19;/h12,17H,3-11H2,1-2H3,(H,18,20);1H. The summed E-state index contributed by atoms with van der Waals surface area (Å²) in [6.07, 6.45) is 3.24. The Morgan fingerprint density at radius 3 is 2.73 bits per heavy atom. The summed E-state index contributed by atoms with van der Waals surface area (Å²) >= 11 is 1.67. The molecule has 0 saturated carbocycles. The maximum atomic E-state index is 12.2. The lowest BCUT2D eigenvalue weighted by atomic mass is 10.1. The molecule has 2 rings (SSSR count). The molecule has 1 aliphatic rings.